The Kier molecular flexibility index (Phi) is 2.20. The molecule has 4 nitrogen and oxygen atoms in total. The lowest BCUT2D eigenvalue weighted by molar-refractivity contribution is -0.122. The molecule has 0 aliphatic carbocycles. The Morgan fingerprint density at radius 1 is 1.17 bits per heavy atom. The van der Waals surface area contributed by atoms with E-state index < -0.39 is 5.54 Å². The van der Waals surface area contributed by atoms with Crippen molar-refractivity contribution in [3.8, 4) is 0 Å². The van der Waals surface area contributed by atoms with Gasteiger partial charge >= 0.3 is 0 Å². The van der Waals surface area contributed by atoms with E-state index >= 15 is 0 Å². The molecule has 90 valence electrons. The minimum Gasteiger partial charge on any atom is -0.307 e. The van der Waals surface area contributed by atoms with Gasteiger partial charge in [0.1, 0.15) is 11.2 Å². The minimum absolute atomic E-state index is 0.0905. The quantitative estimate of drug-likeness (QED) is 0.826. The molecule has 2 heterocycles. The average Bonchev–Trinajstić information content (AvgIpc) is 2.63. The molecule has 1 N–H and O–H groups in total. The molecule has 0 saturated carbocycles. The summed E-state index contributed by atoms with van der Waals surface area (Å²) in [6.07, 6.45) is 1.73. The molecule has 1 aromatic carbocycles. The fourth-order valence-electron chi connectivity index (χ4n) is 2.04. The maximum atomic E-state index is 11.8. The highest BCUT2D eigenvalue weighted by molar-refractivity contribution is 6.18. The molecular weight excluding hydrogens is 226 g/mol. The largest absolute Gasteiger partial charge is 0.307 e. The number of carbonyl (C=O) groups is 1. The van der Waals surface area contributed by atoms with E-state index in [1.54, 1.807) is 20.0 Å². The van der Waals surface area contributed by atoms with E-state index in [0.717, 1.165) is 16.5 Å². The zero-order valence-electron chi connectivity index (χ0n) is 10.3. The van der Waals surface area contributed by atoms with E-state index in [4.69, 9.17) is 0 Å². The molecule has 0 radical (unpaired) electrons. The molecule has 18 heavy (non-hydrogen) atoms. The van der Waals surface area contributed by atoms with Crippen molar-refractivity contribution >= 4 is 22.5 Å². The van der Waals surface area contributed by atoms with Crippen molar-refractivity contribution in [1.29, 1.82) is 0 Å². The van der Waals surface area contributed by atoms with Crippen molar-refractivity contribution in [2.24, 2.45) is 4.99 Å². The fourth-order valence-corrected chi connectivity index (χ4v) is 2.04. The first-order valence-corrected chi connectivity index (χ1v) is 5.83. The Bertz CT molecular complexity index is 668. The molecule has 0 atom stereocenters. The number of hydrogen-bond acceptors (Lipinski definition) is 3. The van der Waals surface area contributed by atoms with Gasteiger partial charge in [0.25, 0.3) is 5.91 Å². The lowest BCUT2D eigenvalue weighted by Crippen LogP contribution is -2.34. The van der Waals surface area contributed by atoms with Crippen LogP contribution in [0.15, 0.2) is 41.5 Å². The number of carbonyl (C=O) groups excluding carboxylic acids is 1. The second-order valence-electron chi connectivity index (χ2n) is 4.85. The van der Waals surface area contributed by atoms with Gasteiger partial charge in [-0.3, -0.25) is 14.8 Å². The van der Waals surface area contributed by atoms with Crippen LogP contribution in [0.25, 0.3) is 10.8 Å². The third-order valence-electron chi connectivity index (χ3n) is 3.08. The van der Waals surface area contributed by atoms with Gasteiger partial charge in [-0.05, 0) is 25.3 Å². The van der Waals surface area contributed by atoms with Gasteiger partial charge in [0.15, 0.2) is 5.84 Å². The summed E-state index contributed by atoms with van der Waals surface area (Å²) in [5, 5.41) is 4.89. The van der Waals surface area contributed by atoms with Gasteiger partial charge in [0.05, 0.1) is 0 Å². The molecule has 0 spiro atoms. The van der Waals surface area contributed by atoms with Gasteiger partial charge in [0.2, 0.25) is 0 Å². The summed E-state index contributed by atoms with van der Waals surface area (Å²) in [4.78, 5) is 20.5. The first-order valence-electron chi connectivity index (χ1n) is 5.83. The van der Waals surface area contributed by atoms with E-state index in [1.165, 1.54) is 0 Å². The number of nitrogens with zero attached hydrogens (tertiary/aromatic N) is 2. The highest BCUT2D eigenvalue weighted by Crippen LogP contribution is 2.21. The highest BCUT2D eigenvalue weighted by atomic mass is 16.2. The lowest BCUT2D eigenvalue weighted by atomic mass is 10.1. The van der Waals surface area contributed by atoms with Crippen molar-refractivity contribution in [2.45, 2.75) is 19.4 Å². The van der Waals surface area contributed by atoms with Crippen LogP contribution in [0.4, 0.5) is 0 Å². The number of aromatic nitrogens is 1. The smallest absolute Gasteiger partial charge is 0.252 e. The molecule has 4 heteroatoms. The number of aliphatic imine (C=N–C) groups is 1. The molecule has 3 rings (SSSR count). The van der Waals surface area contributed by atoms with Gasteiger partial charge in [-0.25, -0.2) is 0 Å². The lowest BCUT2D eigenvalue weighted by Gasteiger charge is -2.07. The molecule has 0 unspecified atom stereocenters. The predicted molar refractivity (Wildman–Crippen MR) is 70.5 cm³/mol. The number of fused-ring (bicyclic) bond motifs is 1. The van der Waals surface area contributed by atoms with Gasteiger partial charge in [-0.2, -0.15) is 0 Å². The van der Waals surface area contributed by atoms with E-state index in [-0.39, 0.29) is 5.91 Å². The van der Waals surface area contributed by atoms with Gasteiger partial charge in [0, 0.05) is 11.6 Å². The van der Waals surface area contributed by atoms with Crippen LogP contribution in [-0.4, -0.2) is 22.3 Å². The van der Waals surface area contributed by atoms with E-state index in [2.05, 4.69) is 15.3 Å². The first-order chi connectivity index (χ1) is 8.58. The second-order valence-corrected chi connectivity index (χ2v) is 4.85. The molecule has 1 aliphatic heterocycles. The average molecular weight is 239 g/mol. The summed E-state index contributed by atoms with van der Waals surface area (Å²) in [7, 11) is 0. The monoisotopic (exact) mass is 239 g/mol. The molecule has 2 aromatic rings. The van der Waals surface area contributed by atoms with Crippen LogP contribution in [0.5, 0.6) is 0 Å². The van der Waals surface area contributed by atoms with E-state index in [9.17, 15) is 4.79 Å². The van der Waals surface area contributed by atoms with Crippen molar-refractivity contribution in [3.05, 3.63) is 42.2 Å². The zero-order valence-corrected chi connectivity index (χ0v) is 10.3. The SMILES string of the molecule is CC1(C)N=C(c2nccc3ccccc23)NC1=O. The van der Waals surface area contributed by atoms with Gasteiger partial charge in [-0.1, -0.05) is 24.3 Å². The number of benzene rings is 1. The summed E-state index contributed by atoms with van der Waals surface area (Å²) in [6.45, 7) is 3.58. The molecular formula is C14H13N3O. The summed E-state index contributed by atoms with van der Waals surface area (Å²) < 4.78 is 0. The summed E-state index contributed by atoms with van der Waals surface area (Å²) in [5.41, 5.74) is 0.0144. The maximum Gasteiger partial charge on any atom is 0.252 e. The predicted octanol–water partition coefficient (Wildman–Crippen LogP) is 1.89. The molecule has 0 bridgehead atoms. The molecule has 0 fully saturated rings. The molecule has 1 aliphatic rings. The number of amidine groups is 1. The van der Waals surface area contributed by atoms with Crippen LogP contribution < -0.4 is 5.32 Å². The third kappa shape index (κ3) is 1.57. The normalized spacial score (nSPS) is 17.7. The van der Waals surface area contributed by atoms with Crippen molar-refractivity contribution in [1.82, 2.24) is 10.3 Å². The van der Waals surface area contributed by atoms with Gasteiger partial charge in [-0.15, -0.1) is 0 Å². The molecule has 1 aromatic heterocycles. The van der Waals surface area contributed by atoms with Crippen molar-refractivity contribution in [3.63, 3.8) is 0 Å². The van der Waals surface area contributed by atoms with Crippen molar-refractivity contribution in [2.75, 3.05) is 0 Å². The summed E-state index contributed by atoms with van der Waals surface area (Å²) >= 11 is 0. The number of rotatable bonds is 1. The number of amides is 1. The Balaban J connectivity index is 2.20. The van der Waals surface area contributed by atoms with Crippen LogP contribution in [0.1, 0.15) is 19.5 Å². The van der Waals surface area contributed by atoms with E-state index in [0.29, 0.717) is 5.84 Å². The van der Waals surface area contributed by atoms with Crippen LogP contribution in [0.3, 0.4) is 0 Å². The zero-order chi connectivity index (χ0) is 12.8. The maximum absolute atomic E-state index is 11.8. The van der Waals surface area contributed by atoms with Crippen LogP contribution >= 0.6 is 0 Å². The Morgan fingerprint density at radius 3 is 2.67 bits per heavy atom. The fraction of sp³-hybridized carbons (Fsp3) is 0.214. The third-order valence-corrected chi connectivity index (χ3v) is 3.08. The Morgan fingerprint density at radius 2 is 1.94 bits per heavy atom. The standard InChI is InChI=1S/C14H13N3O/c1-14(2)13(18)16-12(17-14)11-10-6-4-3-5-9(10)7-8-15-11/h3-8H,1-2H3,(H,16,17,18). The molecule has 1 amide bonds. The highest BCUT2D eigenvalue weighted by Gasteiger charge is 2.35. The van der Waals surface area contributed by atoms with E-state index in [1.807, 2.05) is 30.3 Å². The van der Waals surface area contributed by atoms with Crippen molar-refractivity contribution < 1.29 is 4.79 Å². The van der Waals surface area contributed by atoms with Crippen LogP contribution in [0.2, 0.25) is 0 Å². The number of nitrogens with one attached hydrogen (secondary N) is 1. The summed E-state index contributed by atoms with van der Waals surface area (Å²) in [5.74, 6) is 0.467. The van der Waals surface area contributed by atoms with Gasteiger partial charge < -0.3 is 5.32 Å². The molecule has 0 saturated heterocycles. The topological polar surface area (TPSA) is 54.4 Å². The Hall–Kier alpha value is -2.23. The minimum atomic E-state index is -0.714. The van der Waals surface area contributed by atoms with Crippen LogP contribution in [0, 0.1) is 0 Å². The first kappa shape index (κ1) is 10.9. The second kappa shape index (κ2) is 3.63. The van der Waals surface area contributed by atoms with Crippen LogP contribution in [-0.2, 0) is 4.79 Å². The number of pyridine rings is 1. The Labute approximate surface area is 105 Å². The number of hydrogen-bond donors (Lipinski definition) is 1. The summed E-state index contributed by atoms with van der Waals surface area (Å²) in [6, 6.07) is 9.88.